The number of nitrogens with one attached hydrogen (secondary N) is 1. The van der Waals surface area contributed by atoms with Gasteiger partial charge in [-0.15, -0.1) is 0 Å². The van der Waals surface area contributed by atoms with Gasteiger partial charge in [0.25, 0.3) is 5.91 Å². The predicted octanol–water partition coefficient (Wildman–Crippen LogP) is 5.07. The molecule has 27 heavy (non-hydrogen) atoms. The van der Waals surface area contributed by atoms with Crippen LogP contribution in [0.1, 0.15) is 15.9 Å². The van der Waals surface area contributed by atoms with Crippen molar-refractivity contribution in [1.82, 2.24) is 4.98 Å². The van der Waals surface area contributed by atoms with Crippen molar-refractivity contribution in [3.05, 3.63) is 102 Å². The highest BCUT2D eigenvalue weighted by atomic mass is 16.5. The van der Waals surface area contributed by atoms with Crippen molar-refractivity contribution in [2.24, 2.45) is 0 Å². The lowest BCUT2D eigenvalue weighted by atomic mass is 10.1. The lowest BCUT2D eigenvalue weighted by molar-refractivity contribution is 0.102. The fourth-order valence-corrected chi connectivity index (χ4v) is 2.79. The fourth-order valence-electron chi connectivity index (χ4n) is 2.79. The molecule has 4 rings (SSSR count). The number of amides is 1. The van der Waals surface area contributed by atoms with E-state index in [0.717, 1.165) is 27.9 Å². The lowest BCUT2D eigenvalue weighted by Crippen LogP contribution is -2.11. The largest absolute Gasteiger partial charge is 0.489 e. The number of aromatic nitrogens is 1. The van der Waals surface area contributed by atoms with E-state index in [1.165, 1.54) is 0 Å². The van der Waals surface area contributed by atoms with E-state index in [-0.39, 0.29) is 5.91 Å². The van der Waals surface area contributed by atoms with Crippen LogP contribution in [-0.4, -0.2) is 10.9 Å². The Morgan fingerprint density at radius 3 is 2.52 bits per heavy atom. The molecule has 0 saturated carbocycles. The Morgan fingerprint density at radius 2 is 1.70 bits per heavy atom. The van der Waals surface area contributed by atoms with Crippen LogP contribution in [0.4, 0.5) is 5.69 Å². The van der Waals surface area contributed by atoms with E-state index in [4.69, 9.17) is 4.74 Å². The molecule has 0 atom stereocenters. The second-order valence-electron chi connectivity index (χ2n) is 6.16. The third-order valence-corrected chi connectivity index (χ3v) is 4.23. The van der Waals surface area contributed by atoms with Crippen LogP contribution in [0.5, 0.6) is 5.75 Å². The van der Waals surface area contributed by atoms with Gasteiger partial charge in [-0.05, 0) is 48.0 Å². The number of rotatable bonds is 5. The van der Waals surface area contributed by atoms with E-state index >= 15 is 0 Å². The van der Waals surface area contributed by atoms with Gasteiger partial charge in [-0.1, -0.05) is 42.5 Å². The highest BCUT2D eigenvalue weighted by Gasteiger charge is 2.07. The van der Waals surface area contributed by atoms with Crippen LogP contribution in [0.25, 0.3) is 10.9 Å². The first kappa shape index (κ1) is 16.8. The van der Waals surface area contributed by atoms with Gasteiger partial charge in [-0.3, -0.25) is 9.78 Å². The molecule has 0 aliphatic rings. The van der Waals surface area contributed by atoms with Crippen molar-refractivity contribution >= 4 is 22.5 Å². The average molecular weight is 354 g/mol. The molecular formula is C23H18N2O2. The van der Waals surface area contributed by atoms with E-state index in [9.17, 15) is 4.79 Å². The summed E-state index contributed by atoms with van der Waals surface area (Å²) in [5.41, 5.74) is 3.24. The van der Waals surface area contributed by atoms with Crippen LogP contribution in [0.3, 0.4) is 0 Å². The Labute approximate surface area is 157 Å². The number of carbonyl (C=O) groups is 1. The van der Waals surface area contributed by atoms with Gasteiger partial charge in [-0.25, -0.2) is 0 Å². The zero-order valence-corrected chi connectivity index (χ0v) is 14.6. The molecule has 1 aromatic heterocycles. The summed E-state index contributed by atoms with van der Waals surface area (Å²) in [6.07, 6.45) is 1.74. The topological polar surface area (TPSA) is 51.2 Å². The SMILES string of the molecule is O=C(Nc1ccc2cccnc2c1)c1ccc(OCc2ccccc2)cc1. The van der Waals surface area contributed by atoms with Crippen LogP contribution in [0.2, 0.25) is 0 Å². The predicted molar refractivity (Wildman–Crippen MR) is 107 cm³/mol. The van der Waals surface area contributed by atoms with Crippen molar-refractivity contribution < 1.29 is 9.53 Å². The maximum absolute atomic E-state index is 12.5. The Hall–Kier alpha value is -3.66. The standard InChI is InChI=1S/C23H18N2O2/c26-23(25-20-11-8-18-7-4-14-24-22(18)15-20)19-9-12-21(13-10-19)27-16-17-5-2-1-3-6-17/h1-15H,16H2,(H,25,26). The van der Waals surface area contributed by atoms with E-state index < -0.39 is 0 Å². The van der Waals surface area contributed by atoms with Crippen molar-refractivity contribution in [2.75, 3.05) is 5.32 Å². The molecule has 0 aliphatic carbocycles. The summed E-state index contributed by atoms with van der Waals surface area (Å²) in [7, 11) is 0. The number of carbonyl (C=O) groups excluding carboxylic acids is 1. The molecule has 1 N–H and O–H groups in total. The molecule has 0 unspecified atom stereocenters. The summed E-state index contributed by atoms with van der Waals surface area (Å²) in [6.45, 7) is 0.497. The molecule has 1 heterocycles. The monoisotopic (exact) mass is 354 g/mol. The number of ether oxygens (including phenoxy) is 1. The minimum absolute atomic E-state index is 0.167. The molecule has 0 fully saturated rings. The van der Waals surface area contributed by atoms with Crippen LogP contribution in [0, 0.1) is 0 Å². The smallest absolute Gasteiger partial charge is 0.255 e. The van der Waals surface area contributed by atoms with E-state index in [1.807, 2.05) is 60.7 Å². The first-order valence-corrected chi connectivity index (χ1v) is 8.71. The van der Waals surface area contributed by atoms with Crippen LogP contribution in [-0.2, 0) is 6.61 Å². The fraction of sp³-hybridized carbons (Fsp3) is 0.0435. The molecule has 0 saturated heterocycles. The van der Waals surface area contributed by atoms with E-state index in [0.29, 0.717) is 12.2 Å². The van der Waals surface area contributed by atoms with Gasteiger partial charge in [0, 0.05) is 22.8 Å². The summed E-state index contributed by atoms with van der Waals surface area (Å²) in [5, 5.41) is 3.95. The molecule has 4 aromatic rings. The van der Waals surface area contributed by atoms with Crippen molar-refractivity contribution in [2.45, 2.75) is 6.61 Å². The Bertz CT molecular complexity index is 1060. The summed E-state index contributed by atoms with van der Waals surface area (Å²) in [6, 6.07) is 26.7. The Balaban J connectivity index is 1.41. The Kier molecular flexibility index (Phi) is 4.79. The number of fused-ring (bicyclic) bond motifs is 1. The number of benzene rings is 3. The Morgan fingerprint density at radius 1 is 0.889 bits per heavy atom. The lowest BCUT2D eigenvalue weighted by Gasteiger charge is -2.09. The van der Waals surface area contributed by atoms with Gasteiger partial charge in [0.05, 0.1) is 5.52 Å². The van der Waals surface area contributed by atoms with Crippen LogP contribution < -0.4 is 10.1 Å². The maximum atomic E-state index is 12.5. The average Bonchev–Trinajstić information content (AvgIpc) is 2.73. The third kappa shape index (κ3) is 4.12. The molecule has 0 spiro atoms. The number of pyridine rings is 1. The molecule has 4 nitrogen and oxygen atoms in total. The first-order chi connectivity index (χ1) is 13.3. The van der Waals surface area contributed by atoms with Gasteiger partial charge in [-0.2, -0.15) is 0 Å². The third-order valence-electron chi connectivity index (χ3n) is 4.23. The highest BCUT2D eigenvalue weighted by Crippen LogP contribution is 2.19. The number of hydrogen-bond donors (Lipinski definition) is 1. The zero-order chi connectivity index (χ0) is 18.5. The first-order valence-electron chi connectivity index (χ1n) is 8.71. The van der Waals surface area contributed by atoms with Gasteiger partial charge >= 0.3 is 0 Å². The quantitative estimate of drug-likeness (QED) is 0.545. The summed E-state index contributed by atoms with van der Waals surface area (Å²) in [4.78, 5) is 16.8. The second kappa shape index (κ2) is 7.70. The minimum Gasteiger partial charge on any atom is -0.489 e. The van der Waals surface area contributed by atoms with Gasteiger partial charge in [0.15, 0.2) is 0 Å². The summed E-state index contributed by atoms with van der Waals surface area (Å²) in [5.74, 6) is 0.560. The van der Waals surface area contributed by atoms with E-state index in [1.54, 1.807) is 30.5 Å². The number of nitrogens with zero attached hydrogens (tertiary/aromatic N) is 1. The van der Waals surface area contributed by atoms with Crippen molar-refractivity contribution in [1.29, 1.82) is 0 Å². The highest BCUT2D eigenvalue weighted by molar-refractivity contribution is 6.05. The molecular weight excluding hydrogens is 336 g/mol. The molecule has 132 valence electrons. The summed E-state index contributed by atoms with van der Waals surface area (Å²) >= 11 is 0. The molecule has 0 bridgehead atoms. The second-order valence-corrected chi connectivity index (χ2v) is 6.16. The minimum atomic E-state index is -0.167. The van der Waals surface area contributed by atoms with E-state index in [2.05, 4.69) is 10.3 Å². The van der Waals surface area contributed by atoms with Crippen molar-refractivity contribution in [3.8, 4) is 5.75 Å². The van der Waals surface area contributed by atoms with Crippen LogP contribution in [0.15, 0.2) is 91.1 Å². The maximum Gasteiger partial charge on any atom is 0.255 e. The number of anilines is 1. The van der Waals surface area contributed by atoms with Gasteiger partial charge in [0.2, 0.25) is 0 Å². The molecule has 1 amide bonds. The molecule has 0 aliphatic heterocycles. The van der Waals surface area contributed by atoms with Crippen LogP contribution >= 0.6 is 0 Å². The molecule has 3 aromatic carbocycles. The molecule has 0 radical (unpaired) electrons. The normalized spacial score (nSPS) is 10.5. The van der Waals surface area contributed by atoms with Gasteiger partial charge in [0.1, 0.15) is 12.4 Å². The number of hydrogen-bond acceptors (Lipinski definition) is 3. The summed E-state index contributed by atoms with van der Waals surface area (Å²) < 4.78 is 5.75. The zero-order valence-electron chi connectivity index (χ0n) is 14.6. The molecule has 4 heteroatoms. The van der Waals surface area contributed by atoms with Gasteiger partial charge < -0.3 is 10.1 Å². The van der Waals surface area contributed by atoms with Crippen molar-refractivity contribution in [3.63, 3.8) is 0 Å².